The lowest BCUT2D eigenvalue weighted by Gasteiger charge is -2.37. The van der Waals surface area contributed by atoms with Crippen molar-refractivity contribution in [1.29, 1.82) is 0 Å². The highest BCUT2D eigenvalue weighted by atomic mass is 32.2. The van der Waals surface area contributed by atoms with Gasteiger partial charge in [-0.1, -0.05) is 0 Å². The lowest BCUT2D eigenvalue weighted by molar-refractivity contribution is 0.0148. The van der Waals surface area contributed by atoms with Crippen LogP contribution in [0.4, 0.5) is 4.79 Å². The minimum atomic E-state index is -0.409. The van der Waals surface area contributed by atoms with Crippen LogP contribution in [0.3, 0.4) is 0 Å². The molecular weight excluding hydrogens is 296 g/mol. The smallest absolute Gasteiger partial charge is 0.410 e. The summed E-state index contributed by atoms with van der Waals surface area (Å²) in [6, 6.07) is 0.464. The second-order valence-electron chi connectivity index (χ2n) is 7.66. The third-order valence-corrected chi connectivity index (χ3v) is 5.91. The summed E-state index contributed by atoms with van der Waals surface area (Å²) in [4.78, 5) is 14.1. The largest absolute Gasteiger partial charge is 0.444 e. The molecule has 22 heavy (non-hydrogen) atoms. The number of thioether (sulfide) groups is 1. The normalized spacial score (nSPS) is 27.7. The molecule has 4 nitrogen and oxygen atoms in total. The first-order valence-electron chi connectivity index (χ1n) is 8.68. The second-order valence-corrected chi connectivity index (χ2v) is 9.07. The molecule has 1 amide bonds. The average molecular weight is 329 g/mol. The van der Waals surface area contributed by atoms with Gasteiger partial charge in [0.1, 0.15) is 5.60 Å². The van der Waals surface area contributed by atoms with E-state index < -0.39 is 5.60 Å². The highest BCUT2D eigenvalue weighted by Crippen LogP contribution is 2.26. The maximum absolute atomic E-state index is 12.2. The number of hydrogen-bond donors (Lipinski definition) is 1. The van der Waals surface area contributed by atoms with E-state index in [-0.39, 0.29) is 6.09 Å². The van der Waals surface area contributed by atoms with Crippen molar-refractivity contribution >= 4 is 17.9 Å². The predicted octanol–water partition coefficient (Wildman–Crippen LogP) is 3.51. The van der Waals surface area contributed by atoms with Crippen LogP contribution in [0, 0.1) is 5.92 Å². The Labute approximate surface area is 139 Å². The zero-order valence-electron chi connectivity index (χ0n) is 14.6. The van der Waals surface area contributed by atoms with E-state index in [0.29, 0.717) is 12.0 Å². The first kappa shape index (κ1) is 17.9. The molecule has 0 radical (unpaired) electrons. The number of carbonyl (C=O) groups is 1. The van der Waals surface area contributed by atoms with Crippen LogP contribution < -0.4 is 5.32 Å². The molecule has 2 heterocycles. The van der Waals surface area contributed by atoms with E-state index in [2.05, 4.69) is 24.0 Å². The molecule has 5 heteroatoms. The molecule has 2 rings (SSSR count). The van der Waals surface area contributed by atoms with E-state index in [9.17, 15) is 4.79 Å². The second kappa shape index (κ2) is 7.91. The summed E-state index contributed by atoms with van der Waals surface area (Å²) in [6.45, 7) is 10.8. The van der Waals surface area contributed by atoms with Crippen LogP contribution in [0.5, 0.6) is 0 Å². The topological polar surface area (TPSA) is 41.6 Å². The molecule has 128 valence electrons. The molecule has 0 saturated carbocycles. The molecule has 0 spiro atoms. The summed E-state index contributed by atoms with van der Waals surface area (Å²) in [5.41, 5.74) is -0.409. The molecule has 3 unspecified atom stereocenters. The van der Waals surface area contributed by atoms with Gasteiger partial charge in [-0.25, -0.2) is 4.79 Å². The van der Waals surface area contributed by atoms with Crippen LogP contribution in [0.25, 0.3) is 0 Å². The van der Waals surface area contributed by atoms with Gasteiger partial charge in [0.15, 0.2) is 0 Å². The van der Waals surface area contributed by atoms with Crippen LogP contribution in [0.15, 0.2) is 0 Å². The van der Waals surface area contributed by atoms with Crippen LogP contribution in [-0.2, 0) is 4.74 Å². The van der Waals surface area contributed by atoms with Crippen molar-refractivity contribution in [2.45, 2.75) is 70.3 Å². The van der Waals surface area contributed by atoms with Gasteiger partial charge < -0.3 is 15.0 Å². The summed E-state index contributed by atoms with van der Waals surface area (Å²) in [7, 11) is 0. The van der Waals surface area contributed by atoms with Gasteiger partial charge in [-0.15, -0.1) is 0 Å². The lowest BCUT2D eigenvalue weighted by Crippen LogP contribution is -2.48. The van der Waals surface area contributed by atoms with Crippen molar-refractivity contribution in [3.63, 3.8) is 0 Å². The Morgan fingerprint density at radius 2 is 2.14 bits per heavy atom. The van der Waals surface area contributed by atoms with Crippen molar-refractivity contribution in [1.82, 2.24) is 10.2 Å². The Morgan fingerprint density at radius 1 is 1.36 bits per heavy atom. The minimum absolute atomic E-state index is 0.157. The van der Waals surface area contributed by atoms with Gasteiger partial charge >= 0.3 is 6.09 Å². The fourth-order valence-electron chi connectivity index (χ4n) is 3.20. The van der Waals surface area contributed by atoms with E-state index in [1.54, 1.807) is 0 Å². The number of rotatable bonds is 4. The SMILES string of the molecule is CC(NCC1CCCS1)C1CCCN(C(=O)OC(C)(C)C)C1. The van der Waals surface area contributed by atoms with Crippen molar-refractivity contribution in [2.24, 2.45) is 5.92 Å². The fraction of sp³-hybridized carbons (Fsp3) is 0.941. The van der Waals surface area contributed by atoms with Crippen molar-refractivity contribution in [3.8, 4) is 0 Å². The van der Waals surface area contributed by atoms with E-state index in [4.69, 9.17) is 4.74 Å². The van der Waals surface area contributed by atoms with Crippen molar-refractivity contribution in [2.75, 3.05) is 25.4 Å². The number of carbonyl (C=O) groups excluding carboxylic acids is 1. The van der Waals surface area contributed by atoms with E-state index in [1.165, 1.54) is 25.0 Å². The van der Waals surface area contributed by atoms with Crippen molar-refractivity contribution < 1.29 is 9.53 Å². The number of ether oxygens (including phenoxy) is 1. The molecule has 2 aliphatic rings. The van der Waals surface area contributed by atoms with Crippen LogP contribution >= 0.6 is 11.8 Å². The Balaban J connectivity index is 1.77. The van der Waals surface area contributed by atoms with E-state index in [1.807, 2.05) is 25.7 Å². The predicted molar refractivity (Wildman–Crippen MR) is 93.5 cm³/mol. The fourth-order valence-corrected chi connectivity index (χ4v) is 4.41. The number of hydrogen-bond acceptors (Lipinski definition) is 4. The number of likely N-dealkylation sites (tertiary alicyclic amines) is 1. The van der Waals surface area contributed by atoms with E-state index >= 15 is 0 Å². The number of amides is 1. The monoisotopic (exact) mass is 328 g/mol. The van der Waals surface area contributed by atoms with Gasteiger partial charge in [0.25, 0.3) is 0 Å². The zero-order chi connectivity index (χ0) is 16.2. The molecule has 0 aromatic heterocycles. The number of nitrogens with one attached hydrogen (secondary N) is 1. The molecule has 2 fully saturated rings. The Kier molecular flexibility index (Phi) is 6.45. The van der Waals surface area contributed by atoms with Crippen LogP contribution in [-0.4, -0.2) is 53.3 Å². The van der Waals surface area contributed by atoms with Gasteiger partial charge in [-0.05, 0) is 65.0 Å². The van der Waals surface area contributed by atoms with Crippen molar-refractivity contribution in [3.05, 3.63) is 0 Å². The minimum Gasteiger partial charge on any atom is -0.444 e. The highest BCUT2D eigenvalue weighted by molar-refractivity contribution is 8.00. The summed E-state index contributed by atoms with van der Waals surface area (Å²) in [5, 5.41) is 4.49. The van der Waals surface area contributed by atoms with Crippen LogP contribution in [0.1, 0.15) is 53.4 Å². The third-order valence-electron chi connectivity index (χ3n) is 4.51. The molecule has 0 aromatic rings. The highest BCUT2D eigenvalue weighted by Gasteiger charge is 2.30. The first-order chi connectivity index (χ1) is 10.3. The summed E-state index contributed by atoms with van der Waals surface area (Å²) < 4.78 is 5.51. The lowest BCUT2D eigenvalue weighted by atomic mass is 9.91. The molecular formula is C17H32N2O2S. The summed E-state index contributed by atoms with van der Waals surface area (Å²) in [5.74, 6) is 1.85. The molecule has 1 N–H and O–H groups in total. The number of piperidine rings is 1. The Hall–Kier alpha value is -0.420. The molecule has 0 aromatic carbocycles. The summed E-state index contributed by atoms with van der Waals surface area (Å²) in [6.07, 6.45) is 4.83. The molecule has 2 aliphatic heterocycles. The number of nitrogens with zero attached hydrogens (tertiary/aromatic N) is 1. The quantitative estimate of drug-likeness (QED) is 0.857. The van der Waals surface area contributed by atoms with Gasteiger partial charge in [-0.3, -0.25) is 0 Å². The van der Waals surface area contributed by atoms with Crippen LogP contribution in [0.2, 0.25) is 0 Å². The molecule has 2 saturated heterocycles. The third kappa shape index (κ3) is 5.65. The average Bonchev–Trinajstić information content (AvgIpc) is 2.96. The van der Waals surface area contributed by atoms with Gasteiger partial charge in [0, 0.05) is 30.9 Å². The standard InChI is InChI=1S/C17H32N2O2S/c1-13(18-11-15-8-6-10-22-15)14-7-5-9-19(12-14)16(20)21-17(2,3)4/h13-15,18H,5-12H2,1-4H3. The summed E-state index contributed by atoms with van der Waals surface area (Å²) >= 11 is 2.10. The molecule has 0 aliphatic carbocycles. The zero-order valence-corrected chi connectivity index (χ0v) is 15.4. The van der Waals surface area contributed by atoms with E-state index in [0.717, 1.165) is 31.3 Å². The van der Waals surface area contributed by atoms with Gasteiger partial charge in [0.2, 0.25) is 0 Å². The van der Waals surface area contributed by atoms with Gasteiger partial charge in [-0.2, -0.15) is 11.8 Å². The molecule has 3 atom stereocenters. The maximum Gasteiger partial charge on any atom is 0.410 e. The Bertz CT molecular complexity index is 364. The molecule has 0 bridgehead atoms. The maximum atomic E-state index is 12.2. The van der Waals surface area contributed by atoms with Gasteiger partial charge in [0.05, 0.1) is 0 Å². The Morgan fingerprint density at radius 3 is 2.77 bits per heavy atom. The first-order valence-corrected chi connectivity index (χ1v) is 9.73.